The largest absolute Gasteiger partial charge is 0.350 e. The number of fused-ring (bicyclic) bond motifs is 1. The Morgan fingerprint density at radius 1 is 1.18 bits per heavy atom. The van der Waals surface area contributed by atoms with E-state index in [9.17, 15) is 14.4 Å². The Balaban J connectivity index is 1.30. The van der Waals surface area contributed by atoms with E-state index in [1.54, 1.807) is 28.4 Å². The van der Waals surface area contributed by atoms with Gasteiger partial charge in [-0.05, 0) is 54.5 Å². The van der Waals surface area contributed by atoms with Crippen LogP contribution in [0.3, 0.4) is 0 Å². The molecule has 0 aliphatic carbocycles. The second-order valence-corrected chi connectivity index (χ2v) is 11.5. The van der Waals surface area contributed by atoms with Gasteiger partial charge < -0.3 is 15.1 Å². The summed E-state index contributed by atoms with van der Waals surface area (Å²) in [7, 11) is 0. The fourth-order valence-corrected chi connectivity index (χ4v) is 6.46. The third-order valence-electron chi connectivity index (χ3n) is 7.75. The van der Waals surface area contributed by atoms with Gasteiger partial charge in [0.25, 0.3) is 5.91 Å². The molecule has 0 saturated carbocycles. The maximum absolute atomic E-state index is 15.1. The van der Waals surface area contributed by atoms with Crippen LogP contribution in [0.5, 0.6) is 0 Å². The summed E-state index contributed by atoms with van der Waals surface area (Å²) < 4.78 is 15.1. The van der Waals surface area contributed by atoms with E-state index in [2.05, 4.69) is 16.4 Å². The monoisotopic (exact) mass is 548 g/mol. The highest BCUT2D eigenvalue weighted by atomic mass is 32.1. The van der Waals surface area contributed by atoms with Crippen LogP contribution in [0.15, 0.2) is 48.0 Å². The van der Waals surface area contributed by atoms with Gasteiger partial charge in [0.05, 0.1) is 16.1 Å². The number of hydrogen-bond acceptors (Lipinski definition) is 5. The van der Waals surface area contributed by atoms with Gasteiger partial charge in [-0.25, -0.2) is 9.37 Å². The smallest absolute Gasteiger partial charge is 0.255 e. The summed E-state index contributed by atoms with van der Waals surface area (Å²) in [6, 6.07) is 11.3. The average Bonchev–Trinajstić information content (AvgIpc) is 3.60. The molecule has 1 N–H and O–H groups in total. The molecule has 3 amide bonds. The van der Waals surface area contributed by atoms with E-state index in [-0.39, 0.29) is 37.2 Å². The molecular weight excluding hydrogens is 515 g/mol. The zero-order valence-corrected chi connectivity index (χ0v) is 23.4. The Morgan fingerprint density at radius 3 is 2.62 bits per heavy atom. The molecule has 0 bridgehead atoms. The number of rotatable bonds is 7. The summed E-state index contributed by atoms with van der Waals surface area (Å²) in [5.41, 5.74) is 7.23. The topological polar surface area (TPSA) is 82.6 Å². The minimum Gasteiger partial charge on any atom is -0.350 e. The Morgan fingerprint density at radius 2 is 1.95 bits per heavy atom. The minimum atomic E-state index is -1.47. The number of likely N-dealkylation sites (tertiary alicyclic amines) is 1. The van der Waals surface area contributed by atoms with Gasteiger partial charge in [-0.3, -0.25) is 14.4 Å². The quantitative estimate of drug-likeness (QED) is 0.466. The van der Waals surface area contributed by atoms with Crippen LogP contribution in [0.1, 0.15) is 53.0 Å². The number of aryl methyl sites for hydroxylation is 2. The van der Waals surface area contributed by atoms with E-state index in [0.717, 1.165) is 32.8 Å². The summed E-state index contributed by atoms with van der Waals surface area (Å²) in [4.78, 5) is 48.6. The van der Waals surface area contributed by atoms with Crippen LogP contribution in [-0.4, -0.2) is 57.3 Å². The van der Waals surface area contributed by atoms with Crippen LogP contribution in [0.4, 0.5) is 4.39 Å². The number of carbonyl (C=O) groups is 3. The predicted molar refractivity (Wildman–Crippen MR) is 149 cm³/mol. The lowest BCUT2D eigenvalue weighted by Crippen LogP contribution is -2.56. The first kappa shape index (κ1) is 27.0. The maximum atomic E-state index is 15.1. The Kier molecular flexibility index (Phi) is 7.53. The lowest BCUT2D eigenvalue weighted by atomic mass is 10.00. The van der Waals surface area contributed by atoms with Crippen molar-refractivity contribution in [3.63, 3.8) is 0 Å². The van der Waals surface area contributed by atoms with Crippen molar-refractivity contribution in [2.24, 2.45) is 5.92 Å². The van der Waals surface area contributed by atoms with Crippen molar-refractivity contribution >= 4 is 29.1 Å². The van der Waals surface area contributed by atoms with Crippen LogP contribution >= 0.6 is 11.3 Å². The van der Waals surface area contributed by atoms with Crippen molar-refractivity contribution in [3.8, 4) is 10.4 Å². The van der Waals surface area contributed by atoms with Crippen LogP contribution in [-0.2, 0) is 22.7 Å². The molecule has 2 aliphatic heterocycles. The fraction of sp³-hybridized carbons (Fsp3) is 0.400. The van der Waals surface area contributed by atoms with E-state index < -0.39 is 24.2 Å². The molecule has 1 unspecified atom stereocenters. The second kappa shape index (κ2) is 10.9. The van der Waals surface area contributed by atoms with E-state index in [1.807, 2.05) is 57.5 Å². The highest BCUT2D eigenvalue weighted by Gasteiger charge is 2.47. The SMILES string of the molecule is Cc1cc(-c2scnc2C)ccc1CNC(=O)[C@@H]1[C@@H](F)CCN1C(=O)C(C(C)C)N1Cc2ccccc2C1=O. The first-order valence-corrected chi connectivity index (χ1v) is 14.2. The van der Waals surface area contributed by atoms with Crippen molar-refractivity contribution in [2.75, 3.05) is 6.54 Å². The number of hydrogen-bond donors (Lipinski definition) is 1. The van der Waals surface area contributed by atoms with Crippen molar-refractivity contribution in [1.82, 2.24) is 20.1 Å². The number of nitrogens with one attached hydrogen (secondary N) is 1. The highest BCUT2D eigenvalue weighted by molar-refractivity contribution is 7.13. The molecule has 204 valence electrons. The molecule has 1 aromatic heterocycles. The zero-order chi connectivity index (χ0) is 27.8. The first-order valence-electron chi connectivity index (χ1n) is 13.3. The summed E-state index contributed by atoms with van der Waals surface area (Å²) >= 11 is 1.58. The number of amides is 3. The molecule has 5 rings (SSSR count). The minimum absolute atomic E-state index is 0.0880. The number of aromatic nitrogens is 1. The summed E-state index contributed by atoms with van der Waals surface area (Å²) in [6.07, 6.45) is -1.38. The molecule has 3 atom stereocenters. The molecule has 2 aliphatic rings. The van der Waals surface area contributed by atoms with Gasteiger partial charge in [0.2, 0.25) is 11.8 Å². The lowest BCUT2D eigenvalue weighted by Gasteiger charge is -2.35. The van der Waals surface area contributed by atoms with Crippen LogP contribution in [0.2, 0.25) is 0 Å². The standard InChI is InChI=1S/C30H33FN4O3S/c1-17(2)25(35-15-22-7-5-6-8-23(22)29(35)37)30(38)34-12-11-24(31)26(34)28(36)32-14-21-10-9-20(13-18(21)3)27-19(4)33-16-39-27/h5-10,13,16-17,24-26H,11-12,14-15H2,1-4H3,(H,32,36)/t24-,25?,26-/m0/s1. The third kappa shape index (κ3) is 5.07. The fourth-order valence-electron chi connectivity index (χ4n) is 5.66. The van der Waals surface area contributed by atoms with Gasteiger partial charge in [-0.15, -0.1) is 11.3 Å². The molecule has 3 heterocycles. The molecule has 2 aromatic carbocycles. The van der Waals surface area contributed by atoms with Gasteiger partial charge in [0.1, 0.15) is 18.3 Å². The normalized spacial score (nSPS) is 19.5. The molecule has 3 aromatic rings. The van der Waals surface area contributed by atoms with Crippen molar-refractivity contribution in [1.29, 1.82) is 0 Å². The Bertz CT molecular complexity index is 1420. The zero-order valence-electron chi connectivity index (χ0n) is 22.6. The summed E-state index contributed by atoms with van der Waals surface area (Å²) in [5.74, 6) is -1.32. The Labute approximate surface area is 232 Å². The van der Waals surface area contributed by atoms with E-state index in [1.165, 1.54) is 4.90 Å². The van der Waals surface area contributed by atoms with Gasteiger partial charge in [0.15, 0.2) is 0 Å². The molecule has 0 spiro atoms. The van der Waals surface area contributed by atoms with Crippen LogP contribution < -0.4 is 5.32 Å². The average molecular weight is 549 g/mol. The number of halogens is 1. The molecule has 0 radical (unpaired) electrons. The summed E-state index contributed by atoms with van der Waals surface area (Å²) in [5, 5.41) is 2.86. The first-order chi connectivity index (χ1) is 18.7. The van der Waals surface area contributed by atoms with Crippen molar-refractivity contribution in [2.45, 2.75) is 65.5 Å². The molecule has 1 fully saturated rings. The molecule has 9 heteroatoms. The number of thiazole rings is 1. The number of benzene rings is 2. The predicted octanol–water partition coefficient (Wildman–Crippen LogP) is 4.66. The van der Waals surface area contributed by atoms with Crippen LogP contribution in [0.25, 0.3) is 10.4 Å². The van der Waals surface area contributed by atoms with Crippen molar-refractivity contribution in [3.05, 3.63) is 75.9 Å². The number of carbonyl (C=O) groups excluding carboxylic acids is 3. The highest BCUT2D eigenvalue weighted by Crippen LogP contribution is 2.31. The third-order valence-corrected chi connectivity index (χ3v) is 8.73. The maximum Gasteiger partial charge on any atom is 0.255 e. The number of alkyl halides is 1. The van der Waals surface area contributed by atoms with E-state index in [0.29, 0.717) is 12.1 Å². The number of nitrogens with zero attached hydrogens (tertiary/aromatic N) is 3. The second-order valence-electron chi connectivity index (χ2n) is 10.7. The summed E-state index contributed by atoms with van der Waals surface area (Å²) in [6.45, 7) is 8.38. The van der Waals surface area contributed by atoms with E-state index in [4.69, 9.17) is 0 Å². The lowest BCUT2D eigenvalue weighted by molar-refractivity contribution is -0.144. The van der Waals surface area contributed by atoms with Gasteiger partial charge in [0, 0.05) is 25.2 Å². The van der Waals surface area contributed by atoms with Gasteiger partial charge >= 0.3 is 0 Å². The Hall–Kier alpha value is -3.59. The van der Waals surface area contributed by atoms with Crippen molar-refractivity contribution < 1.29 is 18.8 Å². The molecule has 7 nitrogen and oxygen atoms in total. The van der Waals surface area contributed by atoms with Crippen LogP contribution in [0, 0.1) is 19.8 Å². The molecule has 1 saturated heterocycles. The molecule has 39 heavy (non-hydrogen) atoms. The van der Waals surface area contributed by atoms with Gasteiger partial charge in [-0.2, -0.15) is 0 Å². The molecular formula is C30H33FN4O3S. The van der Waals surface area contributed by atoms with Gasteiger partial charge in [-0.1, -0.05) is 50.2 Å². The van der Waals surface area contributed by atoms with E-state index >= 15 is 4.39 Å².